The minimum absolute atomic E-state index is 0.0707. The van der Waals surface area contributed by atoms with Crippen LogP contribution in [-0.4, -0.2) is 52.6 Å². The van der Waals surface area contributed by atoms with Gasteiger partial charge in [0, 0.05) is 19.1 Å². The molecule has 1 N–H and O–H groups in total. The lowest BCUT2D eigenvalue weighted by molar-refractivity contribution is -0.137. The number of rotatable bonds is 4. The molecule has 2 rings (SSSR count). The van der Waals surface area contributed by atoms with E-state index in [9.17, 15) is 9.59 Å². The number of aliphatic carboxylic acids is 1. The molecule has 2 atom stereocenters. The average Bonchev–Trinajstić information content (AvgIpc) is 2.80. The first kappa shape index (κ1) is 14.2. The summed E-state index contributed by atoms with van der Waals surface area (Å²) < 4.78 is 0. The van der Waals surface area contributed by atoms with Gasteiger partial charge >= 0.3 is 12.0 Å². The van der Waals surface area contributed by atoms with Gasteiger partial charge in [-0.05, 0) is 31.6 Å². The zero-order valence-corrected chi connectivity index (χ0v) is 11.7. The van der Waals surface area contributed by atoms with Gasteiger partial charge in [0.05, 0.1) is 0 Å². The van der Waals surface area contributed by atoms with E-state index in [1.807, 2.05) is 11.8 Å². The van der Waals surface area contributed by atoms with Gasteiger partial charge in [-0.25, -0.2) is 4.79 Å². The lowest BCUT2D eigenvalue weighted by atomic mass is 9.85. The first-order valence-corrected chi connectivity index (χ1v) is 7.40. The van der Waals surface area contributed by atoms with Crippen LogP contribution >= 0.6 is 0 Å². The minimum atomic E-state index is -0.929. The van der Waals surface area contributed by atoms with Gasteiger partial charge in [-0.2, -0.15) is 0 Å². The smallest absolute Gasteiger partial charge is 0.323 e. The van der Waals surface area contributed by atoms with E-state index < -0.39 is 5.97 Å². The molecule has 108 valence electrons. The number of carboxylic acid groups (broad SMARTS) is 1. The molecule has 1 aliphatic carbocycles. The van der Waals surface area contributed by atoms with Crippen molar-refractivity contribution in [3.63, 3.8) is 0 Å². The van der Waals surface area contributed by atoms with Crippen LogP contribution in [0, 0.1) is 5.92 Å². The predicted octanol–water partition coefficient (Wildman–Crippen LogP) is 2.17. The van der Waals surface area contributed by atoms with Crippen LogP contribution in [0.5, 0.6) is 0 Å². The SMILES string of the molecule is CCCN(CC(=O)O)C(=O)N1CCC2CCCCC21. The Morgan fingerprint density at radius 2 is 2.00 bits per heavy atom. The molecule has 2 aliphatic rings. The highest BCUT2D eigenvalue weighted by Crippen LogP contribution is 2.36. The van der Waals surface area contributed by atoms with Crippen molar-refractivity contribution >= 4 is 12.0 Å². The van der Waals surface area contributed by atoms with Crippen molar-refractivity contribution < 1.29 is 14.7 Å². The van der Waals surface area contributed by atoms with Gasteiger partial charge in [-0.1, -0.05) is 19.8 Å². The summed E-state index contributed by atoms with van der Waals surface area (Å²) in [6.45, 7) is 3.11. The van der Waals surface area contributed by atoms with Gasteiger partial charge < -0.3 is 14.9 Å². The zero-order valence-electron chi connectivity index (χ0n) is 11.7. The number of amides is 2. The van der Waals surface area contributed by atoms with Crippen LogP contribution in [0.15, 0.2) is 0 Å². The summed E-state index contributed by atoms with van der Waals surface area (Å²) >= 11 is 0. The van der Waals surface area contributed by atoms with E-state index in [1.165, 1.54) is 24.2 Å². The maximum atomic E-state index is 12.5. The lowest BCUT2D eigenvalue weighted by Gasteiger charge is -2.34. The molecule has 0 aromatic rings. The molecule has 1 aliphatic heterocycles. The van der Waals surface area contributed by atoms with Crippen molar-refractivity contribution in [1.82, 2.24) is 9.80 Å². The second-order valence-electron chi connectivity index (χ2n) is 5.69. The van der Waals surface area contributed by atoms with Crippen LogP contribution in [0.2, 0.25) is 0 Å². The molecule has 2 unspecified atom stereocenters. The highest BCUT2D eigenvalue weighted by atomic mass is 16.4. The average molecular weight is 268 g/mol. The van der Waals surface area contributed by atoms with Gasteiger partial charge in [0.15, 0.2) is 0 Å². The molecule has 0 aromatic heterocycles. The molecular weight excluding hydrogens is 244 g/mol. The van der Waals surface area contributed by atoms with Crippen LogP contribution in [-0.2, 0) is 4.79 Å². The van der Waals surface area contributed by atoms with Crippen molar-refractivity contribution in [2.45, 2.75) is 51.5 Å². The third-order valence-electron chi connectivity index (χ3n) is 4.35. The van der Waals surface area contributed by atoms with E-state index in [4.69, 9.17) is 5.11 Å². The quantitative estimate of drug-likeness (QED) is 0.850. The Bertz CT molecular complexity index is 346. The Morgan fingerprint density at radius 1 is 1.26 bits per heavy atom. The Hall–Kier alpha value is -1.26. The van der Waals surface area contributed by atoms with Crippen molar-refractivity contribution in [3.05, 3.63) is 0 Å². The van der Waals surface area contributed by atoms with Crippen LogP contribution in [0.1, 0.15) is 45.4 Å². The van der Waals surface area contributed by atoms with Crippen molar-refractivity contribution in [2.75, 3.05) is 19.6 Å². The molecule has 0 bridgehead atoms. The van der Waals surface area contributed by atoms with E-state index in [1.54, 1.807) is 0 Å². The molecule has 1 saturated heterocycles. The number of hydrogen-bond donors (Lipinski definition) is 1. The van der Waals surface area contributed by atoms with Gasteiger partial charge in [-0.15, -0.1) is 0 Å². The third-order valence-corrected chi connectivity index (χ3v) is 4.35. The summed E-state index contributed by atoms with van der Waals surface area (Å²) in [4.78, 5) is 26.8. The van der Waals surface area contributed by atoms with E-state index in [2.05, 4.69) is 0 Å². The first-order chi connectivity index (χ1) is 9.13. The fraction of sp³-hybridized carbons (Fsp3) is 0.857. The predicted molar refractivity (Wildman–Crippen MR) is 72.0 cm³/mol. The van der Waals surface area contributed by atoms with E-state index >= 15 is 0 Å². The van der Waals surface area contributed by atoms with Crippen LogP contribution in [0.4, 0.5) is 4.79 Å². The highest BCUT2D eigenvalue weighted by molar-refractivity contribution is 5.80. The van der Waals surface area contributed by atoms with Crippen molar-refractivity contribution in [1.29, 1.82) is 0 Å². The first-order valence-electron chi connectivity index (χ1n) is 7.40. The molecule has 2 fully saturated rings. The molecule has 0 radical (unpaired) electrons. The van der Waals surface area contributed by atoms with Gasteiger partial charge in [0.2, 0.25) is 0 Å². The number of likely N-dealkylation sites (tertiary alicyclic amines) is 1. The summed E-state index contributed by atoms with van der Waals surface area (Å²) in [6, 6.07) is 0.285. The summed E-state index contributed by atoms with van der Waals surface area (Å²) in [5.74, 6) is -0.285. The third kappa shape index (κ3) is 3.19. The number of hydrogen-bond acceptors (Lipinski definition) is 2. The number of fused-ring (bicyclic) bond motifs is 1. The highest BCUT2D eigenvalue weighted by Gasteiger charge is 2.39. The summed E-state index contributed by atoms with van der Waals surface area (Å²) in [7, 11) is 0. The van der Waals surface area contributed by atoms with E-state index in [0.29, 0.717) is 18.5 Å². The lowest BCUT2D eigenvalue weighted by Crippen LogP contribution is -2.48. The Balaban J connectivity index is 2.02. The summed E-state index contributed by atoms with van der Waals surface area (Å²) in [5, 5.41) is 8.92. The molecule has 5 heteroatoms. The Labute approximate surface area is 114 Å². The number of urea groups is 1. The normalized spacial score (nSPS) is 26.1. The zero-order chi connectivity index (χ0) is 13.8. The molecule has 1 saturated carbocycles. The van der Waals surface area contributed by atoms with Gasteiger partial charge in [0.1, 0.15) is 6.54 Å². The monoisotopic (exact) mass is 268 g/mol. The molecule has 5 nitrogen and oxygen atoms in total. The topological polar surface area (TPSA) is 60.9 Å². The maximum absolute atomic E-state index is 12.5. The van der Waals surface area contributed by atoms with Crippen molar-refractivity contribution in [2.24, 2.45) is 5.92 Å². The number of nitrogens with zero attached hydrogens (tertiary/aromatic N) is 2. The summed E-state index contributed by atoms with van der Waals surface area (Å²) in [6.07, 6.45) is 6.66. The van der Waals surface area contributed by atoms with Gasteiger partial charge in [-0.3, -0.25) is 4.79 Å². The van der Waals surface area contributed by atoms with Crippen molar-refractivity contribution in [3.8, 4) is 0 Å². The van der Waals surface area contributed by atoms with Gasteiger partial charge in [0.25, 0.3) is 0 Å². The standard InChI is InChI=1S/C14H24N2O3/c1-2-8-15(10-13(17)18)14(19)16-9-7-11-5-3-4-6-12(11)16/h11-12H,2-10H2,1H3,(H,17,18). The molecule has 2 amide bonds. The second-order valence-corrected chi connectivity index (χ2v) is 5.69. The number of carboxylic acids is 1. The Morgan fingerprint density at radius 3 is 2.68 bits per heavy atom. The second kappa shape index (κ2) is 6.26. The summed E-state index contributed by atoms with van der Waals surface area (Å²) in [5.41, 5.74) is 0. The Kier molecular flexibility index (Phi) is 4.66. The maximum Gasteiger partial charge on any atom is 0.323 e. The van der Waals surface area contributed by atoms with Crippen LogP contribution < -0.4 is 0 Å². The minimum Gasteiger partial charge on any atom is -0.480 e. The molecular formula is C14H24N2O3. The molecule has 19 heavy (non-hydrogen) atoms. The molecule has 0 aromatic carbocycles. The molecule has 1 heterocycles. The number of carbonyl (C=O) groups excluding carboxylic acids is 1. The molecule has 0 spiro atoms. The largest absolute Gasteiger partial charge is 0.480 e. The van der Waals surface area contributed by atoms with E-state index in [0.717, 1.165) is 25.8 Å². The number of carbonyl (C=O) groups is 2. The van der Waals surface area contributed by atoms with Crippen LogP contribution in [0.3, 0.4) is 0 Å². The fourth-order valence-electron chi connectivity index (χ4n) is 3.50. The fourth-order valence-corrected chi connectivity index (χ4v) is 3.50. The van der Waals surface area contributed by atoms with E-state index in [-0.39, 0.29) is 12.6 Å². The van der Waals surface area contributed by atoms with Crippen LogP contribution in [0.25, 0.3) is 0 Å².